The van der Waals surface area contributed by atoms with Gasteiger partial charge in [0.2, 0.25) is 0 Å². The Balaban J connectivity index is 1.98. The van der Waals surface area contributed by atoms with Crippen molar-refractivity contribution in [2.45, 2.75) is 11.3 Å². The summed E-state index contributed by atoms with van der Waals surface area (Å²) in [5, 5.41) is 4.04. The van der Waals surface area contributed by atoms with Crippen LogP contribution in [0.3, 0.4) is 0 Å². The van der Waals surface area contributed by atoms with Gasteiger partial charge >= 0.3 is 0 Å². The first kappa shape index (κ1) is 11.5. The number of rotatable bonds is 4. The molecular formula is C12H11FOS2. The molecule has 16 heavy (non-hydrogen) atoms. The minimum absolute atomic E-state index is 0.332. The third-order valence-corrected chi connectivity index (χ3v) is 4.30. The van der Waals surface area contributed by atoms with E-state index in [2.05, 4.69) is 0 Å². The SMILES string of the molecule is O=S(CCc1ccsc1)c1cccc(F)c1. The molecule has 1 nitrogen and oxygen atoms in total. The van der Waals surface area contributed by atoms with E-state index in [0.29, 0.717) is 10.6 Å². The average Bonchev–Trinajstić information content (AvgIpc) is 2.78. The fourth-order valence-corrected chi connectivity index (χ4v) is 3.21. The van der Waals surface area contributed by atoms with Crippen molar-refractivity contribution in [3.8, 4) is 0 Å². The van der Waals surface area contributed by atoms with Gasteiger partial charge in [0.15, 0.2) is 0 Å². The largest absolute Gasteiger partial charge is 0.254 e. The van der Waals surface area contributed by atoms with Crippen molar-refractivity contribution in [3.63, 3.8) is 0 Å². The molecule has 2 aromatic rings. The van der Waals surface area contributed by atoms with Crippen molar-refractivity contribution in [1.82, 2.24) is 0 Å². The van der Waals surface area contributed by atoms with E-state index in [1.54, 1.807) is 23.5 Å². The Hall–Kier alpha value is -1.00. The van der Waals surface area contributed by atoms with Crippen LogP contribution < -0.4 is 0 Å². The van der Waals surface area contributed by atoms with Crippen molar-refractivity contribution in [2.24, 2.45) is 0 Å². The Kier molecular flexibility index (Phi) is 3.85. The molecule has 0 radical (unpaired) electrons. The predicted molar refractivity (Wildman–Crippen MR) is 65.7 cm³/mol. The fraction of sp³-hybridized carbons (Fsp3) is 0.167. The summed E-state index contributed by atoms with van der Waals surface area (Å²) < 4.78 is 24.7. The maximum atomic E-state index is 12.9. The zero-order chi connectivity index (χ0) is 11.4. The van der Waals surface area contributed by atoms with Crippen molar-refractivity contribution in [1.29, 1.82) is 0 Å². The van der Waals surface area contributed by atoms with Crippen molar-refractivity contribution >= 4 is 22.1 Å². The van der Waals surface area contributed by atoms with Gasteiger partial charge in [-0.1, -0.05) is 6.07 Å². The topological polar surface area (TPSA) is 17.1 Å². The molecule has 0 bridgehead atoms. The monoisotopic (exact) mass is 254 g/mol. The highest BCUT2D eigenvalue weighted by Gasteiger charge is 2.05. The van der Waals surface area contributed by atoms with Gasteiger partial charge in [-0.25, -0.2) is 4.39 Å². The molecule has 0 spiro atoms. The summed E-state index contributed by atoms with van der Waals surface area (Å²) in [6.07, 6.45) is 0.770. The highest BCUT2D eigenvalue weighted by atomic mass is 32.2. The van der Waals surface area contributed by atoms with Gasteiger partial charge in [0.1, 0.15) is 5.82 Å². The Morgan fingerprint density at radius 1 is 1.31 bits per heavy atom. The van der Waals surface area contributed by atoms with Crippen molar-refractivity contribution < 1.29 is 8.60 Å². The van der Waals surface area contributed by atoms with Gasteiger partial charge in [0.05, 0.1) is 10.8 Å². The molecule has 0 aliphatic heterocycles. The lowest BCUT2D eigenvalue weighted by Gasteiger charge is -2.01. The molecule has 0 aliphatic carbocycles. The second kappa shape index (κ2) is 5.37. The average molecular weight is 254 g/mol. The Bertz CT molecular complexity index is 480. The first-order valence-electron chi connectivity index (χ1n) is 4.91. The molecule has 0 saturated carbocycles. The third kappa shape index (κ3) is 3.00. The smallest absolute Gasteiger partial charge is 0.124 e. The summed E-state index contributed by atoms with van der Waals surface area (Å²) >= 11 is 1.63. The lowest BCUT2D eigenvalue weighted by Crippen LogP contribution is -2.01. The van der Waals surface area contributed by atoms with Gasteiger partial charge in [0.25, 0.3) is 0 Å². The van der Waals surface area contributed by atoms with E-state index in [-0.39, 0.29) is 5.82 Å². The first-order valence-corrected chi connectivity index (χ1v) is 7.17. The number of halogens is 1. The lowest BCUT2D eigenvalue weighted by atomic mass is 10.3. The van der Waals surface area contributed by atoms with Crippen LogP contribution in [-0.2, 0) is 17.2 Å². The quantitative estimate of drug-likeness (QED) is 0.818. The van der Waals surface area contributed by atoms with E-state index < -0.39 is 10.8 Å². The standard InChI is InChI=1S/C12H11FOS2/c13-11-2-1-3-12(8-11)16(14)7-5-10-4-6-15-9-10/h1-4,6,8-9H,5,7H2. The molecule has 0 N–H and O–H groups in total. The summed E-state index contributed by atoms with van der Waals surface area (Å²) in [5.41, 5.74) is 1.19. The van der Waals surface area contributed by atoms with E-state index in [9.17, 15) is 8.60 Å². The molecule has 1 aromatic heterocycles. The van der Waals surface area contributed by atoms with Crippen LogP contribution in [0.4, 0.5) is 4.39 Å². The number of benzene rings is 1. The van der Waals surface area contributed by atoms with Crippen LogP contribution >= 0.6 is 11.3 Å². The predicted octanol–water partition coefficient (Wildman–Crippen LogP) is 3.24. The van der Waals surface area contributed by atoms with Gasteiger partial charge in [-0.3, -0.25) is 4.21 Å². The normalized spacial score (nSPS) is 12.6. The van der Waals surface area contributed by atoms with Gasteiger partial charge < -0.3 is 0 Å². The number of hydrogen-bond acceptors (Lipinski definition) is 2. The van der Waals surface area contributed by atoms with E-state index in [1.807, 2.05) is 16.8 Å². The third-order valence-electron chi connectivity index (χ3n) is 2.22. The summed E-state index contributed by atoms with van der Waals surface area (Å²) in [6.45, 7) is 0. The first-order chi connectivity index (χ1) is 7.75. The van der Waals surface area contributed by atoms with Gasteiger partial charge in [-0.05, 0) is 47.0 Å². The van der Waals surface area contributed by atoms with Crippen LogP contribution in [0.2, 0.25) is 0 Å². The molecule has 1 atom stereocenters. The van der Waals surface area contributed by atoms with Crippen LogP contribution in [0.25, 0.3) is 0 Å². The lowest BCUT2D eigenvalue weighted by molar-refractivity contribution is 0.622. The second-order valence-electron chi connectivity index (χ2n) is 3.39. The zero-order valence-electron chi connectivity index (χ0n) is 8.56. The highest BCUT2D eigenvalue weighted by Crippen LogP contribution is 2.12. The molecule has 1 heterocycles. The molecule has 84 valence electrons. The molecule has 2 rings (SSSR count). The summed E-state index contributed by atoms with van der Waals surface area (Å²) in [7, 11) is -1.11. The van der Waals surface area contributed by atoms with Crippen LogP contribution in [0.1, 0.15) is 5.56 Å². The molecule has 1 unspecified atom stereocenters. The summed E-state index contributed by atoms with van der Waals surface area (Å²) in [4.78, 5) is 0.565. The molecular weight excluding hydrogens is 243 g/mol. The second-order valence-corrected chi connectivity index (χ2v) is 5.74. The maximum Gasteiger partial charge on any atom is 0.124 e. The van der Waals surface area contributed by atoms with Crippen molar-refractivity contribution in [3.05, 3.63) is 52.5 Å². The number of hydrogen-bond donors (Lipinski definition) is 0. The highest BCUT2D eigenvalue weighted by molar-refractivity contribution is 7.85. The molecule has 4 heteroatoms. The molecule has 0 saturated heterocycles. The fourth-order valence-electron chi connectivity index (χ4n) is 1.37. The number of aryl methyl sites for hydroxylation is 1. The molecule has 1 aromatic carbocycles. The summed E-state index contributed by atoms with van der Waals surface area (Å²) in [5.74, 6) is 0.210. The van der Waals surface area contributed by atoms with E-state index >= 15 is 0 Å². The van der Waals surface area contributed by atoms with Crippen molar-refractivity contribution in [2.75, 3.05) is 5.75 Å². The van der Waals surface area contributed by atoms with Gasteiger partial charge in [-0.2, -0.15) is 11.3 Å². The Morgan fingerprint density at radius 2 is 2.19 bits per heavy atom. The van der Waals surface area contributed by atoms with Gasteiger partial charge in [0, 0.05) is 10.6 Å². The minimum Gasteiger partial charge on any atom is -0.254 e. The van der Waals surface area contributed by atoms with Gasteiger partial charge in [-0.15, -0.1) is 0 Å². The molecule has 0 amide bonds. The summed E-state index contributed by atoms with van der Waals surface area (Å²) in [6, 6.07) is 8.01. The van der Waals surface area contributed by atoms with Crippen LogP contribution in [0, 0.1) is 5.82 Å². The minimum atomic E-state index is -1.11. The van der Waals surface area contributed by atoms with Crippen LogP contribution in [-0.4, -0.2) is 9.96 Å². The molecule has 0 aliphatic rings. The van der Waals surface area contributed by atoms with Crippen LogP contribution in [0.5, 0.6) is 0 Å². The zero-order valence-corrected chi connectivity index (χ0v) is 10.2. The van der Waals surface area contributed by atoms with E-state index in [0.717, 1.165) is 6.42 Å². The van der Waals surface area contributed by atoms with E-state index in [4.69, 9.17) is 0 Å². The Morgan fingerprint density at radius 3 is 2.88 bits per heavy atom. The maximum absolute atomic E-state index is 12.9. The Labute approximate surface area is 100 Å². The van der Waals surface area contributed by atoms with E-state index in [1.165, 1.54) is 17.7 Å². The molecule has 0 fully saturated rings. The number of thiophene rings is 1. The van der Waals surface area contributed by atoms with Crippen LogP contribution in [0.15, 0.2) is 46.0 Å².